The van der Waals surface area contributed by atoms with E-state index in [1.165, 1.54) is 43.5 Å². The van der Waals surface area contributed by atoms with E-state index in [0.717, 1.165) is 18.0 Å². The zero-order valence-corrected chi connectivity index (χ0v) is 14.0. The van der Waals surface area contributed by atoms with Crippen LogP contribution < -0.4 is 5.32 Å². The zero-order chi connectivity index (χ0) is 14.8. The maximum Gasteiger partial charge on any atom is 0.0408 e. The predicted molar refractivity (Wildman–Crippen MR) is 89.9 cm³/mol. The average molecular weight is 307 g/mol. The van der Waals surface area contributed by atoms with Crippen molar-refractivity contribution < 1.29 is 0 Å². The van der Waals surface area contributed by atoms with Crippen molar-refractivity contribution in [1.29, 1.82) is 0 Å². The fraction of sp³-hybridized carbons (Fsp3) is 0.667. The van der Waals surface area contributed by atoms with Gasteiger partial charge in [-0.3, -0.25) is 4.90 Å². The third-order valence-corrected chi connectivity index (χ3v) is 5.37. The highest BCUT2D eigenvalue weighted by atomic mass is 35.5. The Hall–Kier alpha value is -0.570. The van der Waals surface area contributed by atoms with Crippen molar-refractivity contribution in [2.45, 2.75) is 51.6 Å². The summed E-state index contributed by atoms with van der Waals surface area (Å²) in [5.41, 5.74) is 2.89. The normalized spacial score (nSPS) is 23.7. The van der Waals surface area contributed by atoms with Crippen LogP contribution in [0.2, 0.25) is 5.02 Å². The van der Waals surface area contributed by atoms with Crippen molar-refractivity contribution in [1.82, 2.24) is 10.2 Å². The lowest BCUT2D eigenvalue weighted by Gasteiger charge is -2.32. The number of aryl methyl sites for hydroxylation is 1. The van der Waals surface area contributed by atoms with Gasteiger partial charge in [-0.15, -0.1) is 0 Å². The summed E-state index contributed by atoms with van der Waals surface area (Å²) < 4.78 is 0. The van der Waals surface area contributed by atoms with Gasteiger partial charge in [-0.05, 0) is 68.0 Å². The first kappa shape index (κ1) is 15.3. The Labute approximate surface area is 133 Å². The fourth-order valence-corrected chi connectivity index (χ4v) is 4.12. The molecule has 3 heteroatoms. The molecule has 1 heterocycles. The maximum atomic E-state index is 6.10. The van der Waals surface area contributed by atoms with Gasteiger partial charge in [-0.25, -0.2) is 0 Å². The second kappa shape index (κ2) is 6.68. The molecule has 1 aliphatic carbocycles. The summed E-state index contributed by atoms with van der Waals surface area (Å²) in [5.74, 6) is 0.710. The Morgan fingerprint density at radius 1 is 1.29 bits per heavy atom. The quantitative estimate of drug-likeness (QED) is 0.883. The van der Waals surface area contributed by atoms with Crippen LogP contribution in [0.3, 0.4) is 0 Å². The molecule has 1 aromatic rings. The number of rotatable bonds is 5. The van der Waals surface area contributed by atoms with Gasteiger partial charge in [-0.1, -0.05) is 31.5 Å². The van der Waals surface area contributed by atoms with E-state index in [9.17, 15) is 0 Å². The molecule has 116 valence electrons. The third-order valence-electron chi connectivity index (χ3n) is 5.14. The Balaban J connectivity index is 1.62. The second-order valence-electron chi connectivity index (χ2n) is 6.90. The molecule has 0 spiro atoms. The van der Waals surface area contributed by atoms with Gasteiger partial charge in [0, 0.05) is 23.7 Å². The fourth-order valence-electron chi connectivity index (χ4n) is 3.92. The molecule has 2 atom stereocenters. The van der Waals surface area contributed by atoms with E-state index in [1.807, 2.05) is 6.07 Å². The van der Waals surface area contributed by atoms with Crippen molar-refractivity contribution in [3.05, 3.63) is 34.3 Å². The summed E-state index contributed by atoms with van der Waals surface area (Å²) in [6.45, 7) is 8.37. The summed E-state index contributed by atoms with van der Waals surface area (Å²) in [7, 11) is 0. The van der Waals surface area contributed by atoms with Gasteiger partial charge in [0.1, 0.15) is 0 Å². The number of halogens is 1. The molecule has 0 aromatic heterocycles. The Kier molecular flexibility index (Phi) is 4.88. The van der Waals surface area contributed by atoms with Crippen molar-refractivity contribution in [2.75, 3.05) is 19.6 Å². The van der Waals surface area contributed by atoms with Crippen LogP contribution in [-0.4, -0.2) is 30.6 Å². The van der Waals surface area contributed by atoms with Crippen LogP contribution in [0.1, 0.15) is 50.3 Å². The Morgan fingerprint density at radius 3 is 2.76 bits per heavy atom. The summed E-state index contributed by atoms with van der Waals surface area (Å²) in [5, 5.41) is 4.70. The average Bonchev–Trinajstić information content (AvgIpc) is 3.08. The summed E-state index contributed by atoms with van der Waals surface area (Å²) in [6.07, 6.45) is 5.10. The number of benzene rings is 1. The smallest absolute Gasteiger partial charge is 0.0408 e. The third kappa shape index (κ3) is 3.44. The Bertz CT molecular complexity index is 480. The molecule has 0 bridgehead atoms. The van der Waals surface area contributed by atoms with Gasteiger partial charge in [0.05, 0.1) is 0 Å². The summed E-state index contributed by atoms with van der Waals surface area (Å²) >= 11 is 6.10. The zero-order valence-electron chi connectivity index (χ0n) is 13.2. The van der Waals surface area contributed by atoms with E-state index in [1.54, 1.807) is 0 Å². The lowest BCUT2D eigenvalue weighted by atomic mass is 10.0. The van der Waals surface area contributed by atoms with Gasteiger partial charge < -0.3 is 5.32 Å². The first-order chi connectivity index (χ1) is 10.1. The van der Waals surface area contributed by atoms with Crippen molar-refractivity contribution in [3.8, 4) is 0 Å². The van der Waals surface area contributed by atoms with Crippen LogP contribution in [-0.2, 0) is 6.42 Å². The molecule has 1 aromatic carbocycles. The number of hydrogen-bond donors (Lipinski definition) is 1. The van der Waals surface area contributed by atoms with Gasteiger partial charge in [0.2, 0.25) is 0 Å². The number of nitrogens with one attached hydrogen (secondary N) is 1. The first-order valence-electron chi connectivity index (χ1n) is 8.41. The highest BCUT2D eigenvalue weighted by Gasteiger charge is 2.27. The second-order valence-corrected chi connectivity index (χ2v) is 7.33. The molecule has 21 heavy (non-hydrogen) atoms. The van der Waals surface area contributed by atoms with Crippen LogP contribution in [0.5, 0.6) is 0 Å². The van der Waals surface area contributed by atoms with E-state index in [2.05, 4.69) is 36.2 Å². The largest absolute Gasteiger partial charge is 0.308 e. The minimum absolute atomic E-state index is 0.515. The number of fused-ring (bicyclic) bond motifs is 1. The predicted octanol–water partition coefficient (Wildman–Crippen LogP) is 4.04. The van der Waals surface area contributed by atoms with Gasteiger partial charge in [0.25, 0.3) is 0 Å². The highest BCUT2D eigenvalue weighted by molar-refractivity contribution is 6.30. The molecule has 2 nitrogen and oxygen atoms in total. The first-order valence-corrected chi connectivity index (χ1v) is 8.78. The van der Waals surface area contributed by atoms with Crippen molar-refractivity contribution in [3.63, 3.8) is 0 Å². The van der Waals surface area contributed by atoms with E-state index in [0.29, 0.717) is 18.0 Å². The molecule has 0 amide bonds. The van der Waals surface area contributed by atoms with Gasteiger partial charge in [0.15, 0.2) is 0 Å². The highest BCUT2D eigenvalue weighted by Crippen LogP contribution is 2.33. The molecule has 2 aliphatic rings. The molecule has 0 saturated carbocycles. The van der Waals surface area contributed by atoms with E-state index >= 15 is 0 Å². The van der Waals surface area contributed by atoms with Crippen LogP contribution in [0.15, 0.2) is 18.2 Å². The molecule has 2 unspecified atom stereocenters. The van der Waals surface area contributed by atoms with Crippen LogP contribution in [0.25, 0.3) is 0 Å². The number of likely N-dealkylation sites (tertiary alicyclic amines) is 1. The SMILES string of the molecule is CC(C)C(CNC1CCc2cc(Cl)ccc21)N1CCCC1. The molecule has 1 fully saturated rings. The minimum Gasteiger partial charge on any atom is -0.308 e. The molecule has 1 aliphatic heterocycles. The van der Waals surface area contributed by atoms with E-state index in [4.69, 9.17) is 11.6 Å². The Morgan fingerprint density at radius 2 is 2.05 bits per heavy atom. The molecule has 1 N–H and O–H groups in total. The van der Waals surface area contributed by atoms with Crippen LogP contribution >= 0.6 is 11.6 Å². The van der Waals surface area contributed by atoms with E-state index < -0.39 is 0 Å². The van der Waals surface area contributed by atoms with Crippen LogP contribution in [0, 0.1) is 5.92 Å². The maximum absolute atomic E-state index is 6.10. The molecule has 3 rings (SSSR count). The number of hydrogen-bond acceptors (Lipinski definition) is 2. The molecule has 1 saturated heterocycles. The van der Waals surface area contributed by atoms with Crippen LogP contribution in [0.4, 0.5) is 0 Å². The lowest BCUT2D eigenvalue weighted by Crippen LogP contribution is -2.44. The molecule has 0 radical (unpaired) electrons. The topological polar surface area (TPSA) is 15.3 Å². The molecular weight excluding hydrogens is 280 g/mol. The summed E-state index contributed by atoms with van der Waals surface area (Å²) in [4.78, 5) is 2.68. The van der Waals surface area contributed by atoms with Crippen molar-refractivity contribution in [2.24, 2.45) is 5.92 Å². The van der Waals surface area contributed by atoms with E-state index in [-0.39, 0.29) is 0 Å². The minimum atomic E-state index is 0.515. The lowest BCUT2D eigenvalue weighted by molar-refractivity contribution is 0.182. The van der Waals surface area contributed by atoms with Gasteiger partial charge in [-0.2, -0.15) is 0 Å². The standard InChI is InChI=1S/C18H27ClN2/c1-13(2)18(21-9-3-4-10-21)12-20-17-8-5-14-11-15(19)6-7-16(14)17/h6-7,11,13,17-18,20H,3-5,8-10,12H2,1-2H3. The van der Waals surface area contributed by atoms with Crippen molar-refractivity contribution >= 4 is 11.6 Å². The van der Waals surface area contributed by atoms with Gasteiger partial charge >= 0.3 is 0 Å². The summed E-state index contributed by atoms with van der Waals surface area (Å²) in [6, 6.07) is 7.56. The number of nitrogens with zero attached hydrogens (tertiary/aromatic N) is 1. The monoisotopic (exact) mass is 306 g/mol. The molecular formula is C18H27ClN2.